The van der Waals surface area contributed by atoms with Gasteiger partial charge < -0.3 is 5.32 Å². The summed E-state index contributed by atoms with van der Waals surface area (Å²) in [7, 11) is 2.07. The van der Waals surface area contributed by atoms with Gasteiger partial charge in [-0.25, -0.2) is 0 Å². The van der Waals surface area contributed by atoms with Crippen molar-refractivity contribution in [3.8, 4) is 0 Å². The first-order valence-electron chi connectivity index (χ1n) is 5.21. The lowest BCUT2D eigenvalue weighted by Gasteiger charge is -2.31. The maximum absolute atomic E-state index is 3.42. The van der Waals surface area contributed by atoms with Gasteiger partial charge in [0.05, 0.1) is 0 Å². The third kappa shape index (κ3) is 3.14. The summed E-state index contributed by atoms with van der Waals surface area (Å²) < 4.78 is 0. The molecule has 74 valence electrons. The smallest absolute Gasteiger partial charge is 0.0115 e. The van der Waals surface area contributed by atoms with E-state index < -0.39 is 0 Å². The van der Waals surface area contributed by atoms with Crippen molar-refractivity contribution in [3.05, 3.63) is 0 Å². The standard InChI is InChI=1S/C11H25N/c1-7-9(4)10(5)11(12-6)8(2)3/h8-12H,7H2,1-6H3. The van der Waals surface area contributed by atoms with Gasteiger partial charge in [0, 0.05) is 6.04 Å². The van der Waals surface area contributed by atoms with Crippen molar-refractivity contribution in [1.82, 2.24) is 5.32 Å². The Morgan fingerprint density at radius 1 is 1.08 bits per heavy atom. The molecule has 1 heteroatoms. The highest BCUT2D eigenvalue weighted by atomic mass is 14.9. The van der Waals surface area contributed by atoms with Crippen LogP contribution in [0.1, 0.15) is 41.0 Å². The van der Waals surface area contributed by atoms with E-state index in [9.17, 15) is 0 Å². The number of hydrogen-bond acceptors (Lipinski definition) is 1. The van der Waals surface area contributed by atoms with Crippen molar-refractivity contribution in [2.45, 2.75) is 47.1 Å². The predicted octanol–water partition coefficient (Wildman–Crippen LogP) is 2.91. The molecule has 3 unspecified atom stereocenters. The summed E-state index contributed by atoms with van der Waals surface area (Å²) in [4.78, 5) is 0. The van der Waals surface area contributed by atoms with E-state index in [4.69, 9.17) is 0 Å². The van der Waals surface area contributed by atoms with Gasteiger partial charge in [-0.15, -0.1) is 0 Å². The molecule has 0 aromatic rings. The van der Waals surface area contributed by atoms with Crippen LogP contribution in [0.25, 0.3) is 0 Å². The van der Waals surface area contributed by atoms with Crippen molar-refractivity contribution < 1.29 is 0 Å². The molecule has 1 N–H and O–H groups in total. The number of hydrogen-bond donors (Lipinski definition) is 1. The van der Waals surface area contributed by atoms with E-state index in [1.807, 2.05) is 0 Å². The Morgan fingerprint density at radius 2 is 1.58 bits per heavy atom. The number of nitrogens with one attached hydrogen (secondary N) is 1. The molecule has 0 amide bonds. The molecule has 0 fully saturated rings. The summed E-state index contributed by atoms with van der Waals surface area (Å²) >= 11 is 0. The molecule has 0 rings (SSSR count). The SMILES string of the molecule is CCC(C)C(C)C(NC)C(C)C. The molecule has 0 saturated carbocycles. The van der Waals surface area contributed by atoms with Crippen LogP contribution >= 0.6 is 0 Å². The third-order valence-corrected chi connectivity index (χ3v) is 3.16. The third-order valence-electron chi connectivity index (χ3n) is 3.16. The molecule has 3 atom stereocenters. The van der Waals surface area contributed by atoms with Crippen LogP contribution in [0.5, 0.6) is 0 Å². The molecule has 1 nitrogen and oxygen atoms in total. The first-order valence-corrected chi connectivity index (χ1v) is 5.21. The molecule has 0 aromatic carbocycles. The molecule has 0 heterocycles. The molecule has 0 saturated heterocycles. The summed E-state index contributed by atoms with van der Waals surface area (Å²) in [5, 5.41) is 3.42. The van der Waals surface area contributed by atoms with Crippen LogP contribution in [0, 0.1) is 17.8 Å². The molecule has 0 aliphatic carbocycles. The van der Waals surface area contributed by atoms with Crippen molar-refractivity contribution in [2.24, 2.45) is 17.8 Å². The minimum Gasteiger partial charge on any atom is -0.316 e. The van der Waals surface area contributed by atoms with Crippen molar-refractivity contribution in [1.29, 1.82) is 0 Å². The molecule has 0 spiro atoms. The van der Waals surface area contributed by atoms with Gasteiger partial charge in [-0.2, -0.15) is 0 Å². The normalized spacial score (nSPS) is 19.2. The topological polar surface area (TPSA) is 12.0 Å². The first-order chi connectivity index (χ1) is 5.54. The van der Waals surface area contributed by atoms with E-state index in [0.717, 1.165) is 17.8 Å². The average Bonchev–Trinajstić information content (AvgIpc) is 2.03. The van der Waals surface area contributed by atoms with Crippen LogP contribution in [0.15, 0.2) is 0 Å². The Hall–Kier alpha value is -0.0400. The van der Waals surface area contributed by atoms with E-state index >= 15 is 0 Å². The maximum Gasteiger partial charge on any atom is 0.0115 e. The summed E-state index contributed by atoms with van der Waals surface area (Å²) in [6.45, 7) is 11.6. The fourth-order valence-corrected chi connectivity index (χ4v) is 1.93. The lowest BCUT2D eigenvalue weighted by atomic mass is 9.82. The Bertz CT molecular complexity index is 110. The fraction of sp³-hybridized carbons (Fsp3) is 1.00. The zero-order valence-electron chi connectivity index (χ0n) is 9.52. The lowest BCUT2D eigenvalue weighted by molar-refractivity contribution is 0.239. The van der Waals surface area contributed by atoms with Crippen molar-refractivity contribution in [3.63, 3.8) is 0 Å². The van der Waals surface area contributed by atoms with E-state index in [0.29, 0.717) is 6.04 Å². The van der Waals surface area contributed by atoms with Gasteiger partial charge in [-0.1, -0.05) is 41.0 Å². The fourth-order valence-electron chi connectivity index (χ4n) is 1.93. The molecular formula is C11H25N. The highest BCUT2D eigenvalue weighted by molar-refractivity contribution is 4.77. The van der Waals surface area contributed by atoms with Crippen LogP contribution < -0.4 is 5.32 Å². The minimum absolute atomic E-state index is 0.667. The summed E-state index contributed by atoms with van der Waals surface area (Å²) in [5.74, 6) is 2.34. The zero-order chi connectivity index (χ0) is 9.72. The van der Waals surface area contributed by atoms with Crippen LogP contribution in [-0.2, 0) is 0 Å². The maximum atomic E-state index is 3.42. The molecule has 0 radical (unpaired) electrons. The lowest BCUT2D eigenvalue weighted by Crippen LogP contribution is -2.39. The molecular weight excluding hydrogens is 146 g/mol. The second-order valence-corrected chi connectivity index (χ2v) is 4.30. The minimum atomic E-state index is 0.667. The van der Waals surface area contributed by atoms with Gasteiger partial charge in [-0.3, -0.25) is 0 Å². The van der Waals surface area contributed by atoms with Gasteiger partial charge >= 0.3 is 0 Å². The van der Waals surface area contributed by atoms with Crippen LogP contribution in [0.2, 0.25) is 0 Å². The van der Waals surface area contributed by atoms with Gasteiger partial charge in [0.15, 0.2) is 0 Å². The molecule has 12 heavy (non-hydrogen) atoms. The second kappa shape index (κ2) is 5.58. The Labute approximate surface area is 77.9 Å². The highest BCUT2D eigenvalue weighted by Crippen LogP contribution is 2.22. The van der Waals surface area contributed by atoms with Gasteiger partial charge in [-0.05, 0) is 24.8 Å². The van der Waals surface area contributed by atoms with Gasteiger partial charge in [0.1, 0.15) is 0 Å². The van der Waals surface area contributed by atoms with E-state index in [-0.39, 0.29) is 0 Å². The zero-order valence-corrected chi connectivity index (χ0v) is 9.52. The molecule has 0 bridgehead atoms. The summed E-state index contributed by atoms with van der Waals surface area (Å²) in [5.41, 5.74) is 0. The number of rotatable bonds is 5. The van der Waals surface area contributed by atoms with Crippen LogP contribution in [-0.4, -0.2) is 13.1 Å². The van der Waals surface area contributed by atoms with Crippen LogP contribution in [0.4, 0.5) is 0 Å². The van der Waals surface area contributed by atoms with Crippen molar-refractivity contribution >= 4 is 0 Å². The molecule has 0 aliphatic heterocycles. The quantitative estimate of drug-likeness (QED) is 0.670. The monoisotopic (exact) mass is 171 g/mol. The second-order valence-electron chi connectivity index (χ2n) is 4.30. The Kier molecular flexibility index (Phi) is 5.56. The van der Waals surface area contributed by atoms with Gasteiger partial charge in [0.25, 0.3) is 0 Å². The Balaban J connectivity index is 4.10. The van der Waals surface area contributed by atoms with Crippen LogP contribution in [0.3, 0.4) is 0 Å². The van der Waals surface area contributed by atoms with Gasteiger partial charge in [0.2, 0.25) is 0 Å². The summed E-state index contributed by atoms with van der Waals surface area (Å²) in [6, 6.07) is 0.667. The first kappa shape index (κ1) is 12.0. The predicted molar refractivity (Wildman–Crippen MR) is 56.3 cm³/mol. The summed E-state index contributed by atoms with van der Waals surface area (Å²) in [6.07, 6.45) is 1.28. The van der Waals surface area contributed by atoms with Crippen molar-refractivity contribution in [2.75, 3.05) is 7.05 Å². The molecule has 0 aromatic heterocycles. The van der Waals surface area contributed by atoms with E-state index in [1.165, 1.54) is 6.42 Å². The molecule has 0 aliphatic rings. The largest absolute Gasteiger partial charge is 0.316 e. The average molecular weight is 171 g/mol. The highest BCUT2D eigenvalue weighted by Gasteiger charge is 2.22. The van der Waals surface area contributed by atoms with E-state index in [2.05, 4.69) is 47.0 Å². The Morgan fingerprint density at radius 3 is 1.83 bits per heavy atom. The van der Waals surface area contributed by atoms with E-state index in [1.54, 1.807) is 0 Å².